The number of hydrogen-bond acceptors (Lipinski definition) is 3. The number of carbonyl (C=O) groups is 1. The Bertz CT molecular complexity index is 183. The van der Waals surface area contributed by atoms with Gasteiger partial charge in [-0.1, -0.05) is 0 Å². The zero-order valence-corrected chi connectivity index (χ0v) is 4.66. The van der Waals surface area contributed by atoms with E-state index in [2.05, 4.69) is 15.3 Å². The fourth-order valence-electron chi connectivity index (χ4n) is 0.493. The molecule has 1 heterocycles. The SMILES string of the molecule is NC(=O)NC1=NC=NC1. The number of nitrogens with zero attached hydrogens (tertiary/aromatic N) is 2. The van der Waals surface area contributed by atoms with E-state index in [1.165, 1.54) is 6.34 Å². The molecule has 1 aliphatic rings. The number of urea groups is 1. The summed E-state index contributed by atoms with van der Waals surface area (Å²) in [6.07, 6.45) is 1.38. The number of primary amides is 1. The van der Waals surface area contributed by atoms with Crippen molar-refractivity contribution in [2.75, 3.05) is 6.54 Å². The highest BCUT2D eigenvalue weighted by atomic mass is 16.2. The van der Waals surface area contributed by atoms with Crippen molar-refractivity contribution in [3.8, 4) is 0 Å². The van der Waals surface area contributed by atoms with E-state index >= 15 is 0 Å². The van der Waals surface area contributed by atoms with E-state index in [0.29, 0.717) is 12.4 Å². The summed E-state index contributed by atoms with van der Waals surface area (Å²) >= 11 is 0. The molecule has 0 aromatic carbocycles. The lowest BCUT2D eigenvalue weighted by molar-refractivity contribution is 0.253. The molecule has 0 saturated heterocycles. The fraction of sp³-hybridized carbons (Fsp3) is 0.250. The van der Waals surface area contributed by atoms with Crippen molar-refractivity contribution in [1.82, 2.24) is 5.32 Å². The molecular weight excluding hydrogens is 120 g/mol. The second-order valence-corrected chi connectivity index (χ2v) is 1.52. The van der Waals surface area contributed by atoms with Gasteiger partial charge in [0.25, 0.3) is 0 Å². The summed E-state index contributed by atoms with van der Waals surface area (Å²) in [5.74, 6) is 0.502. The molecule has 1 rings (SSSR count). The molecule has 9 heavy (non-hydrogen) atoms. The third-order valence-corrected chi connectivity index (χ3v) is 0.804. The van der Waals surface area contributed by atoms with Gasteiger partial charge < -0.3 is 5.73 Å². The van der Waals surface area contributed by atoms with Crippen LogP contribution >= 0.6 is 0 Å². The Balaban J connectivity index is 2.39. The van der Waals surface area contributed by atoms with Gasteiger partial charge in [0.2, 0.25) is 0 Å². The van der Waals surface area contributed by atoms with Crippen molar-refractivity contribution in [1.29, 1.82) is 0 Å². The Morgan fingerprint density at radius 1 is 1.89 bits per heavy atom. The van der Waals surface area contributed by atoms with Gasteiger partial charge in [-0.15, -0.1) is 0 Å². The minimum Gasteiger partial charge on any atom is -0.351 e. The number of amidine groups is 1. The van der Waals surface area contributed by atoms with Crippen LogP contribution in [0.3, 0.4) is 0 Å². The Kier molecular flexibility index (Phi) is 1.44. The average Bonchev–Trinajstić information content (AvgIpc) is 2.15. The number of hydrogen-bond donors (Lipinski definition) is 2. The predicted octanol–water partition coefficient (Wildman–Crippen LogP) is -0.905. The quantitative estimate of drug-likeness (QED) is 0.433. The van der Waals surface area contributed by atoms with E-state index in [1.54, 1.807) is 0 Å². The molecule has 5 nitrogen and oxygen atoms in total. The summed E-state index contributed by atoms with van der Waals surface area (Å²) in [4.78, 5) is 17.5. The Morgan fingerprint density at radius 3 is 3.11 bits per heavy atom. The normalized spacial score (nSPS) is 15.3. The molecule has 48 valence electrons. The third-order valence-electron chi connectivity index (χ3n) is 0.804. The minimum absolute atomic E-state index is 0.420. The number of rotatable bonds is 0. The molecule has 2 amide bonds. The third kappa shape index (κ3) is 1.52. The Labute approximate surface area is 51.7 Å². The second kappa shape index (κ2) is 2.25. The Hall–Kier alpha value is -1.39. The molecular formula is C4H6N4O. The average molecular weight is 126 g/mol. The van der Waals surface area contributed by atoms with E-state index in [4.69, 9.17) is 5.73 Å². The molecule has 0 fully saturated rings. The fourth-order valence-corrected chi connectivity index (χ4v) is 0.493. The van der Waals surface area contributed by atoms with Crippen LogP contribution in [0.5, 0.6) is 0 Å². The monoisotopic (exact) mass is 126 g/mol. The van der Waals surface area contributed by atoms with Gasteiger partial charge in [0.1, 0.15) is 12.2 Å². The minimum atomic E-state index is -0.598. The molecule has 0 saturated carbocycles. The summed E-state index contributed by atoms with van der Waals surface area (Å²) in [6.45, 7) is 0.420. The molecule has 3 N–H and O–H groups in total. The topological polar surface area (TPSA) is 79.8 Å². The highest BCUT2D eigenvalue weighted by Crippen LogP contribution is 1.82. The maximum absolute atomic E-state index is 10.1. The highest BCUT2D eigenvalue weighted by Gasteiger charge is 2.02. The number of nitrogens with two attached hydrogens (primary N) is 1. The van der Waals surface area contributed by atoms with Crippen LogP contribution in [-0.4, -0.2) is 24.8 Å². The van der Waals surface area contributed by atoms with Crippen LogP contribution in [0.2, 0.25) is 0 Å². The molecule has 0 aliphatic carbocycles. The molecule has 0 radical (unpaired) electrons. The molecule has 0 spiro atoms. The standard InChI is InChI=1S/C4H6N4O/c5-4(9)8-3-1-6-2-7-3/h2H,1H2,(H3,5,6,7,8,9). The first-order chi connectivity index (χ1) is 4.29. The summed E-state index contributed by atoms with van der Waals surface area (Å²) < 4.78 is 0. The summed E-state index contributed by atoms with van der Waals surface area (Å²) in [7, 11) is 0. The van der Waals surface area contributed by atoms with Gasteiger partial charge in [0, 0.05) is 0 Å². The molecule has 0 unspecified atom stereocenters. The smallest absolute Gasteiger partial charge is 0.317 e. The zero-order valence-electron chi connectivity index (χ0n) is 4.66. The first-order valence-electron chi connectivity index (χ1n) is 2.40. The molecule has 0 bridgehead atoms. The van der Waals surface area contributed by atoms with E-state index in [9.17, 15) is 4.79 Å². The maximum atomic E-state index is 10.1. The zero-order chi connectivity index (χ0) is 6.69. The molecule has 0 aromatic rings. The van der Waals surface area contributed by atoms with Crippen LogP contribution in [0.25, 0.3) is 0 Å². The van der Waals surface area contributed by atoms with Gasteiger partial charge in [-0.25, -0.2) is 9.79 Å². The number of amides is 2. The first kappa shape index (κ1) is 5.74. The van der Waals surface area contributed by atoms with E-state index in [1.807, 2.05) is 0 Å². The van der Waals surface area contributed by atoms with Crippen LogP contribution in [-0.2, 0) is 0 Å². The van der Waals surface area contributed by atoms with Crippen LogP contribution in [0.15, 0.2) is 9.98 Å². The lowest BCUT2D eigenvalue weighted by atomic mass is 10.6. The van der Waals surface area contributed by atoms with E-state index in [0.717, 1.165) is 0 Å². The highest BCUT2D eigenvalue weighted by molar-refractivity contribution is 6.03. The van der Waals surface area contributed by atoms with Gasteiger partial charge in [-0.05, 0) is 0 Å². The predicted molar refractivity (Wildman–Crippen MR) is 33.5 cm³/mol. The molecule has 5 heteroatoms. The second-order valence-electron chi connectivity index (χ2n) is 1.52. The molecule has 1 aliphatic heterocycles. The van der Waals surface area contributed by atoms with Crippen LogP contribution in [0.4, 0.5) is 4.79 Å². The maximum Gasteiger partial charge on any atom is 0.317 e. The summed E-state index contributed by atoms with van der Waals surface area (Å²) in [5.41, 5.74) is 4.79. The van der Waals surface area contributed by atoms with E-state index < -0.39 is 6.03 Å². The first-order valence-corrected chi connectivity index (χ1v) is 2.40. The van der Waals surface area contributed by atoms with Crippen molar-refractivity contribution in [2.45, 2.75) is 0 Å². The molecule has 0 aromatic heterocycles. The number of nitrogens with one attached hydrogen (secondary N) is 1. The van der Waals surface area contributed by atoms with Gasteiger partial charge in [0.15, 0.2) is 0 Å². The van der Waals surface area contributed by atoms with Crippen molar-refractivity contribution in [2.24, 2.45) is 15.7 Å². The van der Waals surface area contributed by atoms with Crippen LogP contribution in [0.1, 0.15) is 0 Å². The van der Waals surface area contributed by atoms with Crippen molar-refractivity contribution < 1.29 is 4.79 Å². The van der Waals surface area contributed by atoms with Crippen molar-refractivity contribution in [3.05, 3.63) is 0 Å². The Morgan fingerprint density at radius 2 is 2.67 bits per heavy atom. The van der Waals surface area contributed by atoms with Gasteiger partial charge in [-0.3, -0.25) is 10.3 Å². The summed E-state index contributed by atoms with van der Waals surface area (Å²) in [5, 5.41) is 2.31. The molecule has 0 atom stereocenters. The largest absolute Gasteiger partial charge is 0.351 e. The van der Waals surface area contributed by atoms with Crippen molar-refractivity contribution >= 4 is 18.2 Å². The van der Waals surface area contributed by atoms with Gasteiger partial charge >= 0.3 is 6.03 Å². The lowest BCUT2D eigenvalue weighted by Gasteiger charge is -1.95. The lowest BCUT2D eigenvalue weighted by Crippen LogP contribution is -2.35. The number of aliphatic imine (C=N–C) groups is 2. The van der Waals surface area contributed by atoms with Crippen LogP contribution < -0.4 is 11.1 Å². The number of carbonyl (C=O) groups excluding carboxylic acids is 1. The van der Waals surface area contributed by atoms with Crippen molar-refractivity contribution in [3.63, 3.8) is 0 Å². The van der Waals surface area contributed by atoms with E-state index in [-0.39, 0.29) is 0 Å². The van der Waals surface area contributed by atoms with Crippen LogP contribution in [0, 0.1) is 0 Å². The summed E-state index contributed by atoms with van der Waals surface area (Å²) in [6, 6.07) is -0.598. The van der Waals surface area contributed by atoms with Gasteiger partial charge in [0.05, 0.1) is 6.54 Å². The van der Waals surface area contributed by atoms with Gasteiger partial charge in [-0.2, -0.15) is 0 Å².